The lowest BCUT2D eigenvalue weighted by atomic mass is 10.1. The Morgan fingerprint density at radius 2 is 1.86 bits per heavy atom. The Labute approximate surface area is 133 Å². The van der Waals surface area contributed by atoms with E-state index in [0.29, 0.717) is 21.6 Å². The fraction of sp³-hybridized carbons (Fsp3) is 0.0625. The summed E-state index contributed by atoms with van der Waals surface area (Å²) in [6, 6.07) is 12.8. The zero-order valence-electron chi connectivity index (χ0n) is 11.6. The minimum Gasteiger partial charge on any atom is -0.329 e. The molecule has 6 heteroatoms. The number of hydrogen-bond acceptors (Lipinski definition) is 3. The molecular weight excluding hydrogens is 320 g/mol. The van der Waals surface area contributed by atoms with Crippen molar-refractivity contribution in [1.29, 1.82) is 0 Å². The van der Waals surface area contributed by atoms with Crippen LogP contribution in [0.5, 0.6) is 0 Å². The molecular formula is C16H11ClN2O2S. The fourth-order valence-corrected chi connectivity index (χ4v) is 2.71. The Balaban J connectivity index is 2.08. The number of benzene rings is 2. The quantitative estimate of drug-likeness (QED) is 0.698. The lowest BCUT2D eigenvalue weighted by molar-refractivity contribution is 0.595. The summed E-state index contributed by atoms with van der Waals surface area (Å²) in [5, 5.41) is 0.367. The van der Waals surface area contributed by atoms with Gasteiger partial charge in [0.2, 0.25) is 15.0 Å². The predicted octanol–water partition coefficient (Wildman–Crippen LogP) is 3.02. The first-order chi connectivity index (χ1) is 10.4. The van der Waals surface area contributed by atoms with E-state index in [4.69, 9.17) is 11.6 Å². The molecule has 0 aliphatic carbocycles. The maximum Gasteiger partial charge on any atom is 0.225 e. The van der Waals surface area contributed by atoms with Gasteiger partial charge in [0.15, 0.2) is 0 Å². The first-order valence-electron chi connectivity index (χ1n) is 6.40. The summed E-state index contributed by atoms with van der Waals surface area (Å²) in [7, 11) is -3.39. The van der Waals surface area contributed by atoms with Crippen molar-refractivity contribution in [3.8, 4) is 11.8 Å². The van der Waals surface area contributed by atoms with Crippen molar-refractivity contribution in [2.24, 2.45) is 0 Å². The maximum absolute atomic E-state index is 11.5. The highest BCUT2D eigenvalue weighted by atomic mass is 35.5. The summed E-state index contributed by atoms with van der Waals surface area (Å²) in [4.78, 5) is 6.82. The number of nitrogens with one attached hydrogen (secondary N) is 1. The van der Waals surface area contributed by atoms with E-state index in [1.807, 2.05) is 30.3 Å². The maximum atomic E-state index is 11.5. The zero-order chi connectivity index (χ0) is 15.7. The van der Waals surface area contributed by atoms with Gasteiger partial charge in [-0.3, -0.25) is 0 Å². The van der Waals surface area contributed by atoms with Gasteiger partial charge in [-0.05, 0) is 24.3 Å². The minimum absolute atomic E-state index is 0.0771. The van der Waals surface area contributed by atoms with Crippen molar-refractivity contribution >= 4 is 32.5 Å². The number of fused-ring (bicyclic) bond motifs is 1. The van der Waals surface area contributed by atoms with Gasteiger partial charge in [-0.15, -0.1) is 0 Å². The van der Waals surface area contributed by atoms with E-state index in [0.717, 1.165) is 11.8 Å². The highest BCUT2D eigenvalue weighted by molar-refractivity contribution is 7.90. The molecule has 0 fully saturated rings. The second-order valence-electron chi connectivity index (χ2n) is 4.78. The molecule has 3 rings (SSSR count). The molecule has 0 aliphatic rings. The molecule has 0 aliphatic heterocycles. The van der Waals surface area contributed by atoms with E-state index in [-0.39, 0.29) is 5.16 Å². The van der Waals surface area contributed by atoms with Gasteiger partial charge in [0.1, 0.15) is 0 Å². The van der Waals surface area contributed by atoms with Crippen LogP contribution in [0.2, 0.25) is 5.02 Å². The smallest absolute Gasteiger partial charge is 0.225 e. The van der Waals surface area contributed by atoms with Crippen LogP contribution in [0.4, 0.5) is 0 Å². The molecule has 4 nitrogen and oxygen atoms in total. The third-order valence-corrected chi connectivity index (χ3v) is 4.22. The topological polar surface area (TPSA) is 62.8 Å². The van der Waals surface area contributed by atoms with E-state index in [1.54, 1.807) is 12.1 Å². The van der Waals surface area contributed by atoms with Crippen LogP contribution in [0.1, 0.15) is 11.1 Å². The molecule has 0 bridgehead atoms. The van der Waals surface area contributed by atoms with E-state index in [1.165, 1.54) is 0 Å². The van der Waals surface area contributed by atoms with Gasteiger partial charge >= 0.3 is 0 Å². The molecule has 1 heterocycles. The predicted molar refractivity (Wildman–Crippen MR) is 86.6 cm³/mol. The van der Waals surface area contributed by atoms with Gasteiger partial charge in [-0.2, -0.15) is 0 Å². The molecule has 1 N–H and O–H groups in total. The molecule has 1 aromatic heterocycles. The molecule has 0 saturated carbocycles. The second-order valence-corrected chi connectivity index (χ2v) is 7.12. The summed E-state index contributed by atoms with van der Waals surface area (Å²) in [6.45, 7) is 0. The van der Waals surface area contributed by atoms with Gasteiger partial charge < -0.3 is 4.98 Å². The number of imidazole rings is 1. The van der Waals surface area contributed by atoms with Crippen LogP contribution in [-0.2, 0) is 9.84 Å². The van der Waals surface area contributed by atoms with E-state index >= 15 is 0 Å². The lowest BCUT2D eigenvalue weighted by Crippen LogP contribution is -1.98. The van der Waals surface area contributed by atoms with Crippen molar-refractivity contribution < 1.29 is 8.42 Å². The molecule has 22 heavy (non-hydrogen) atoms. The number of H-pyrrole nitrogens is 1. The molecule has 2 aromatic carbocycles. The van der Waals surface area contributed by atoms with Crippen molar-refractivity contribution in [2.45, 2.75) is 5.16 Å². The van der Waals surface area contributed by atoms with Crippen molar-refractivity contribution in [3.05, 3.63) is 58.6 Å². The van der Waals surface area contributed by atoms with Crippen LogP contribution < -0.4 is 0 Å². The average Bonchev–Trinajstić information content (AvgIpc) is 2.89. The SMILES string of the molecule is CS(=O)(=O)c1nc2cc(C#Cc3ccccc3)c(Cl)cc2[nH]1. The van der Waals surface area contributed by atoms with Crippen LogP contribution in [-0.4, -0.2) is 24.6 Å². The Morgan fingerprint density at radius 1 is 1.14 bits per heavy atom. The average molecular weight is 331 g/mol. The largest absolute Gasteiger partial charge is 0.329 e. The Morgan fingerprint density at radius 3 is 2.55 bits per heavy atom. The van der Waals surface area contributed by atoms with E-state index < -0.39 is 9.84 Å². The first-order valence-corrected chi connectivity index (χ1v) is 8.67. The monoisotopic (exact) mass is 330 g/mol. The first kappa shape index (κ1) is 14.6. The number of sulfone groups is 1. The number of aromatic amines is 1. The van der Waals surface area contributed by atoms with Crippen LogP contribution >= 0.6 is 11.6 Å². The van der Waals surface area contributed by atoms with E-state index in [9.17, 15) is 8.42 Å². The zero-order valence-corrected chi connectivity index (χ0v) is 13.2. The number of halogens is 1. The Kier molecular flexibility index (Phi) is 3.65. The third kappa shape index (κ3) is 2.98. The number of hydrogen-bond donors (Lipinski definition) is 1. The number of nitrogens with zero attached hydrogens (tertiary/aromatic N) is 1. The van der Waals surface area contributed by atoms with Gasteiger partial charge in [-0.25, -0.2) is 13.4 Å². The molecule has 0 amide bonds. The fourth-order valence-electron chi connectivity index (χ4n) is 1.94. The third-order valence-electron chi connectivity index (χ3n) is 3.02. The van der Waals surface area contributed by atoms with Gasteiger partial charge in [0, 0.05) is 17.4 Å². The van der Waals surface area contributed by atoms with Crippen molar-refractivity contribution in [2.75, 3.05) is 6.26 Å². The molecule has 3 aromatic rings. The molecule has 0 atom stereocenters. The summed E-state index contributed by atoms with van der Waals surface area (Å²) >= 11 is 6.19. The lowest BCUT2D eigenvalue weighted by Gasteiger charge is -1.95. The molecule has 0 unspecified atom stereocenters. The summed E-state index contributed by atoms with van der Waals surface area (Å²) < 4.78 is 23.1. The Bertz CT molecular complexity index is 1010. The van der Waals surface area contributed by atoms with Crippen molar-refractivity contribution in [3.63, 3.8) is 0 Å². The molecule has 0 radical (unpaired) electrons. The summed E-state index contributed by atoms with van der Waals surface area (Å²) in [6.07, 6.45) is 1.10. The van der Waals surface area contributed by atoms with Crippen LogP contribution in [0.25, 0.3) is 11.0 Å². The normalized spacial score (nSPS) is 11.2. The summed E-state index contributed by atoms with van der Waals surface area (Å²) in [5.41, 5.74) is 2.56. The van der Waals surface area contributed by atoms with Crippen LogP contribution in [0.3, 0.4) is 0 Å². The van der Waals surface area contributed by atoms with Gasteiger partial charge in [0.25, 0.3) is 0 Å². The van der Waals surface area contributed by atoms with Crippen LogP contribution in [0.15, 0.2) is 47.6 Å². The minimum atomic E-state index is -3.39. The Hall–Kier alpha value is -2.29. The highest BCUT2D eigenvalue weighted by Crippen LogP contribution is 2.23. The molecule has 0 spiro atoms. The van der Waals surface area contributed by atoms with Crippen LogP contribution in [0, 0.1) is 11.8 Å². The summed E-state index contributed by atoms with van der Waals surface area (Å²) in [5.74, 6) is 6.00. The second kappa shape index (κ2) is 5.48. The molecule has 0 saturated heterocycles. The van der Waals surface area contributed by atoms with Crippen molar-refractivity contribution in [1.82, 2.24) is 9.97 Å². The van der Waals surface area contributed by atoms with E-state index in [2.05, 4.69) is 21.8 Å². The van der Waals surface area contributed by atoms with Gasteiger partial charge in [-0.1, -0.05) is 41.6 Å². The highest BCUT2D eigenvalue weighted by Gasteiger charge is 2.14. The standard InChI is InChI=1S/C16H11ClN2O2S/c1-22(20,21)16-18-14-9-12(13(17)10-15(14)19-16)8-7-11-5-3-2-4-6-11/h2-6,9-10H,1H3,(H,18,19). The van der Waals surface area contributed by atoms with Gasteiger partial charge in [0.05, 0.1) is 16.1 Å². The number of aromatic nitrogens is 2. The number of rotatable bonds is 1. The molecule has 110 valence electrons.